The number of rotatable bonds is 9. The Kier molecular flexibility index (Phi) is 8.38. The van der Waals surface area contributed by atoms with Crippen LogP contribution in [0.3, 0.4) is 0 Å². The fourth-order valence-electron chi connectivity index (χ4n) is 4.13. The van der Waals surface area contributed by atoms with Crippen molar-refractivity contribution in [3.05, 3.63) is 101 Å². The summed E-state index contributed by atoms with van der Waals surface area (Å²) in [6.45, 7) is 1.81. The zero-order valence-corrected chi connectivity index (χ0v) is 21.1. The maximum atomic E-state index is 12.9. The molecule has 4 rings (SSSR count). The van der Waals surface area contributed by atoms with Crippen LogP contribution in [-0.2, 0) is 16.0 Å². The summed E-state index contributed by atoms with van der Waals surface area (Å²) in [5.41, 5.74) is 3.11. The Hall–Kier alpha value is -3.82. The Balaban J connectivity index is 1.46. The van der Waals surface area contributed by atoms with Gasteiger partial charge in [-0.1, -0.05) is 54.1 Å². The predicted molar refractivity (Wildman–Crippen MR) is 140 cm³/mol. The van der Waals surface area contributed by atoms with E-state index in [1.807, 2.05) is 31.2 Å². The summed E-state index contributed by atoms with van der Waals surface area (Å²) in [5, 5.41) is 7.20. The van der Waals surface area contributed by atoms with E-state index in [1.165, 1.54) is 6.07 Å². The number of carbonyl (C=O) groups excluding carboxylic acids is 2. The number of halogens is 4. The van der Waals surface area contributed by atoms with Crippen LogP contribution in [-0.4, -0.2) is 35.6 Å². The molecule has 0 unspecified atom stereocenters. The Morgan fingerprint density at radius 1 is 1.03 bits per heavy atom. The maximum absolute atomic E-state index is 12.9. The molecule has 0 radical (unpaired) electrons. The van der Waals surface area contributed by atoms with E-state index >= 15 is 0 Å². The number of hydrogen-bond acceptors (Lipinski definition) is 4. The summed E-state index contributed by atoms with van der Waals surface area (Å²) >= 11 is 5.99. The second-order valence-electron chi connectivity index (χ2n) is 8.82. The zero-order valence-electron chi connectivity index (χ0n) is 20.3. The Bertz CT molecular complexity index is 1420. The van der Waals surface area contributed by atoms with Crippen LogP contribution in [0.2, 0.25) is 5.02 Å². The standard InChI is InChI=1S/C28H25ClF3N3O3/c1-17(33-16-24(38-27(37)28(30,31)32)18-7-5-8-20(29)14-18)13-19-15-34-25-22(19)11-6-12-23(25)26(36)35-21-9-3-2-4-10-21/h2-12,14-15,17,24,33-34H,13,16H2,1H3,(H,35,36)/t17-,24+/m1/s1. The van der Waals surface area contributed by atoms with E-state index in [1.54, 1.807) is 48.7 Å². The number of esters is 1. The molecule has 1 heterocycles. The predicted octanol–water partition coefficient (Wildman–Crippen LogP) is 6.44. The quantitative estimate of drug-likeness (QED) is 0.212. The molecule has 1 amide bonds. The van der Waals surface area contributed by atoms with Gasteiger partial charge in [0.2, 0.25) is 0 Å². The number of nitrogens with one attached hydrogen (secondary N) is 3. The molecule has 2 atom stereocenters. The van der Waals surface area contributed by atoms with Gasteiger partial charge in [0.05, 0.1) is 11.1 Å². The average Bonchev–Trinajstić information content (AvgIpc) is 3.29. The van der Waals surface area contributed by atoms with Gasteiger partial charge in [0.15, 0.2) is 0 Å². The molecule has 4 aromatic rings. The summed E-state index contributed by atoms with van der Waals surface area (Å²) in [5.74, 6) is -2.52. The van der Waals surface area contributed by atoms with Gasteiger partial charge in [0, 0.05) is 34.9 Å². The van der Waals surface area contributed by atoms with E-state index in [9.17, 15) is 22.8 Å². The smallest absolute Gasteiger partial charge is 0.449 e. The number of alkyl halides is 3. The molecule has 0 saturated heterocycles. The van der Waals surface area contributed by atoms with Gasteiger partial charge in [-0.05, 0) is 54.8 Å². The van der Waals surface area contributed by atoms with Gasteiger partial charge in [0.1, 0.15) is 6.10 Å². The largest absolute Gasteiger partial charge is 0.490 e. The third kappa shape index (κ3) is 6.73. The lowest BCUT2D eigenvalue weighted by Gasteiger charge is -2.22. The summed E-state index contributed by atoms with van der Waals surface area (Å²) in [6, 6.07) is 20.5. The molecule has 0 spiro atoms. The molecule has 10 heteroatoms. The van der Waals surface area contributed by atoms with Crippen molar-refractivity contribution in [2.75, 3.05) is 11.9 Å². The second kappa shape index (κ2) is 11.7. The van der Waals surface area contributed by atoms with Crippen molar-refractivity contribution in [2.45, 2.75) is 31.7 Å². The molecule has 38 heavy (non-hydrogen) atoms. The van der Waals surface area contributed by atoms with Crippen molar-refractivity contribution in [2.24, 2.45) is 0 Å². The number of anilines is 1. The highest BCUT2D eigenvalue weighted by atomic mass is 35.5. The van der Waals surface area contributed by atoms with E-state index in [-0.39, 0.29) is 18.5 Å². The van der Waals surface area contributed by atoms with Gasteiger partial charge in [-0.15, -0.1) is 0 Å². The molecular weight excluding hydrogens is 519 g/mol. The third-order valence-electron chi connectivity index (χ3n) is 5.96. The Labute approximate surface area is 222 Å². The molecule has 3 N–H and O–H groups in total. The second-order valence-corrected chi connectivity index (χ2v) is 9.26. The molecule has 0 bridgehead atoms. The first kappa shape index (κ1) is 27.2. The minimum atomic E-state index is -5.11. The Morgan fingerprint density at radius 2 is 1.76 bits per heavy atom. The monoisotopic (exact) mass is 543 g/mol. The van der Waals surface area contributed by atoms with Gasteiger partial charge in [-0.25, -0.2) is 4.79 Å². The molecule has 0 aliphatic rings. The molecule has 0 aliphatic carbocycles. The number of aromatic amines is 1. The highest BCUT2D eigenvalue weighted by Crippen LogP contribution is 2.27. The van der Waals surface area contributed by atoms with Gasteiger partial charge in [-0.3, -0.25) is 4.79 Å². The van der Waals surface area contributed by atoms with E-state index < -0.39 is 18.2 Å². The first-order valence-corrected chi connectivity index (χ1v) is 12.2. The van der Waals surface area contributed by atoms with Crippen molar-refractivity contribution in [1.82, 2.24) is 10.3 Å². The van der Waals surface area contributed by atoms with Crippen LogP contribution in [0.1, 0.15) is 34.5 Å². The number of H-pyrrole nitrogens is 1. The van der Waals surface area contributed by atoms with Crippen molar-refractivity contribution in [1.29, 1.82) is 0 Å². The summed E-state index contributed by atoms with van der Waals surface area (Å²) in [4.78, 5) is 27.6. The topological polar surface area (TPSA) is 83.2 Å². The van der Waals surface area contributed by atoms with E-state index in [4.69, 9.17) is 16.3 Å². The number of para-hydroxylation sites is 2. The lowest BCUT2D eigenvalue weighted by Crippen LogP contribution is -2.35. The van der Waals surface area contributed by atoms with Crippen molar-refractivity contribution in [3.8, 4) is 0 Å². The van der Waals surface area contributed by atoms with Crippen LogP contribution >= 0.6 is 11.6 Å². The molecule has 0 aliphatic heterocycles. The van der Waals surface area contributed by atoms with E-state index in [2.05, 4.69) is 15.6 Å². The number of aromatic nitrogens is 1. The summed E-state index contributed by atoms with van der Waals surface area (Å²) in [6.07, 6.45) is -4.00. The average molecular weight is 544 g/mol. The molecule has 6 nitrogen and oxygen atoms in total. The van der Waals surface area contributed by atoms with Crippen LogP contribution in [0.15, 0.2) is 79.0 Å². The van der Waals surface area contributed by atoms with E-state index in [0.717, 1.165) is 10.9 Å². The van der Waals surface area contributed by atoms with Crippen LogP contribution in [0.25, 0.3) is 10.9 Å². The SMILES string of the molecule is C[C@H](Cc1c[nH]c2c(C(=O)Nc3ccccc3)cccc12)NC[C@H](OC(=O)C(F)(F)F)c1cccc(Cl)c1. The first-order chi connectivity index (χ1) is 18.1. The lowest BCUT2D eigenvalue weighted by atomic mass is 10.0. The molecular formula is C28H25ClF3N3O3. The number of amides is 1. The normalized spacial score (nSPS) is 13.2. The number of benzene rings is 3. The summed E-state index contributed by atoms with van der Waals surface area (Å²) in [7, 11) is 0. The first-order valence-electron chi connectivity index (χ1n) is 11.8. The molecule has 198 valence electrons. The highest BCUT2D eigenvalue weighted by Gasteiger charge is 2.42. The maximum Gasteiger partial charge on any atom is 0.490 e. The van der Waals surface area contributed by atoms with Gasteiger partial charge in [-0.2, -0.15) is 13.2 Å². The van der Waals surface area contributed by atoms with Crippen molar-refractivity contribution in [3.63, 3.8) is 0 Å². The minimum Gasteiger partial charge on any atom is -0.449 e. The molecule has 0 saturated carbocycles. The van der Waals surface area contributed by atoms with Crippen molar-refractivity contribution >= 4 is 40.1 Å². The number of carbonyl (C=O) groups is 2. The van der Waals surface area contributed by atoms with Gasteiger partial charge >= 0.3 is 12.1 Å². The highest BCUT2D eigenvalue weighted by molar-refractivity contribution is 6.30. The van der Waals surface area contributed by atoms with Gasteiger partial charge in [0.25, 0.3) is 5.91 Å². The third-order valence-corrected chi connectivity index (χ3v) is 6.19. The van der Waals surface area contributed by atoms with Gasteiger partial charge < -0.3 is 20.4 Å². The van der Waals surface area contributed by atoms with Crippen LogP contribution < -0.4 is 10.6 Å². The summed E-state index contributed by atoms with van der Waals surface area (Å²) < 4.78 is 43.4. The molecule has 1 aromatic heterocycles. The van der Waals surface area contributed by atoms with E-state index in [0.29, 0.717) is 33.8 Å². The number of ether oxygens (including phenoxy) is 1. The zero-order chi connectivity index (χ0) is 27.3. The number of hydrogen-bond donors (Lipinski definition) is 3. The Morgan fingerprint density at radius 3 is 2.47 bits per heavy atom. The fraction of sp³-hybridized carbons (Fsp3) is 0.214. The van der Waals surface area contributed by atoms with Crippen molar-refractivity contribution < 1.29 is 27.5 Å². The van der Waals surface area contributed by atoms with Crippen LogP contribution in [0.4, 0.5) is 18.9 Å². The fourth-order valence-corrected chi connectivity index (χ4v) is 4.33. The molecule has 3 aromatic carbocycles. The lowest BCUT2D eigenvalue weighted by molar-refractivity contribution is -0.205. The minimum absolute atomic E-state index is 0.0591. The number of fused-ring (bicyclic) bond motifs is 1. The van der Waals surface area contributed by atoms with Crippen LogP contribution in [0, 0.1) is 0 Å². The van der Waals surface area contributed by atoms with Crippen LogP contribution in [0.5, 0.6) is 0 Å². The molecule has 0 fully saturated rings.